The van der Waals surface area contributed by atoms with Crippen LogP contribution < -0.4 is 11.1 Å². The standard InChI is InChI=1S/C12H14N4O/c13-10-4-2-1-3-9(10)12(17)16-6-5-11-14-7-8-15-11/h1-4,7-8H,5-6,13H2,(H,14,15)(H,16,17). The van der Waals surface area contributed by atoms with Crippen molar-refractivity contribution >= 4 is 11.6 Å². The fraction of sp³-hybridized carbons (Fsp3) is 0.167. The number of imidazole rings is 1. The van der Waals surface area contributed by atoms with Crippen LogP contribution in [0.3, 0.4) is 0 Å². The number of benzene rings is 1. The Balaban J connectivity index is 1.88. The predicted molar refractivity (Wildman–Crippen MR) is 65.5 cm³/mol. The molecule has 2 rings (SSSR count). The van der Waals surface area contributed by atoms with Gasteiger partial charge in [-0.1, -0.05) is 12.1 Å². The molecule has 0 aliphatic heterocycles. The van der Waals surface area contributed by atoms with Crippen LogP contribution in [0, 0.1) is 0 Å². The molecule has 5 heteroatoms. The van der Waals surface area contributed by atoms with E-state index in [1.165, 1.54) is 0 Å². The third-order valence-corrected chi connectivity index (χ3v) is 2.41. The maximum absolute atomic E-state index is 11.8. The van der Waals surface area contributed by atoms with Crippen molar-refractivity contribution in [1.29, 1.82) is 0 Å². The second-order valence-corrected chi connectivity index (χ2v) is 3.63. The maximum atomic E-state index is 11.8. The van der Waals surface area contributed by atoms with Crippen molar-refractivity contribution in [1.82, 2.24) is 15.3 Å². The first-order valence-electron chi connectivity index (χ1n) is 5.38. The summed E-state index contributed by atoms with van der Waals surface area (Å²) in [4.78, 5) is 18.8. The Morgan fingerprint density at radius 2 is 2.24 bits per heavy atom. The zero-order valence-electron chi connectivity index (χ0n) is 9.31. The molecule has 1 aromatic heterocycles. The van der Waals surface area contributed by atoms with Gasteiger partial charge in [0.05, 0.1) is 5.56 Å². The average Bonchev–Trinajstić information content (AvgIpc) is 2.82. The van der Waals surface area contributed by atoms with Crippen LogP contribution >= 0.6 is 0 Å². The number of nitrogen functional groups attached to an aromatic ring is 1. The molecular formula is C12H14N4O. The lowest BCUT2D eigenvalue weighted by atomic mass is 10.1. The first-order valence-corrected chi connectivity index (χ1v) is 5.38. The van der Waals surface area contributed by atoms with E-state index in [9.17, 15) is 4.79 Å². The molecule has 0 atom stereocenters. The van der Waals surface area contributed by atoms with E-state index in [-0.39, 0.29) is 5.91 Å². The number of para-hydroxylation sites is 1. The van der Waals surface area contributed by atoms with Gasteiger partial charge in [0.15, 0.2) is 0 Å². The molecule has 0 saturated carbocycles. The van der Waals surface area contributed by atoms with Crippen molar-refractivity contribution in [2.24, 2.45) is 0 Å². The summed E-state index contributed by atoms with van der Waals surface area (Å²) in [7, 11) is 0. The molecule has 0 spiro atoms. The van der Waals surface area contributed by atoms with Gasteiger partial charge < -0.3 is 16.0 Å². The molecule has 1 aromatic carbocycles. The minimum Gasteiger partial charge on any atom is -0.398 e. The highest BCUT2D eigenvalue weighted by atomic mass is 16.1. The van der Waals surface area contributed by atoms with Crippen LogP contribution in [0.25, 0.3) is 0 Å². The van der Waals surface area contributed by atoms with Crippen LogP contribution in [-0.4, -0.2) is 22.4 Å². The van der Waals surface area contributed by atoms with E-state index in [2.05, 4.69) is 15.3 Å². The number of aromatic amines is 1. The van der Waals surface area contributed by atoms with E-state index in [1.807, 2.05) is 0 Å². The van der Waals surface area contributed by atoms with Gasteiger partial charge >= 0.3 is 0 Å². The van der Waals surface area contributed by atoms with Gasteiger partial charge in [0.2, 0.25) is 0 Å². The molecular weight excluding hydrogens is 216 g/mol. The number of nitrogens with zero attached hydrogens (tertiary/aromatic N) is 1. The summed E-state index contributed by atoms with van der Waals surface area (Å²) in [5.74, 6) is 0.695. The number of hydrogen-bond donors (Lipinski definition) is 3. The summed E-state index contributed by atoms with van der Waals surface area (Å²) in [5, 5.41) is 2.80. The Kier molecular flexibility index (Phi) is 3.40. The lowest BCUT2D eigenvalue weighted by Gasteiger charge is -2.06. The molecule has 0 fully saturated rings. The molecule has 0 unspecified atom stereocenters. The molecule has 17 heavy (non-hydrogen) atoms. The van der Waals surface area contributed by atoms with Gasteiger partial charge in [-0.3, -0.25) is 4.79 Å². The molecule has 2 aromatic rings. The minimum absolute atomic E-state index is 0.158. The number of aromatic nitrogens is 2. The number of nitrogens with one attached hydrogen (secondary N) is 2. The highest BCUT2D eigenvalue weighted by Gasteiger charge is 2.07. The maximum Gasteiger partial charge on any atom is 0.253 e. The lowest BCUT2D eigenvalue weighted by molar-refractivity contribution is 0.0955. The smallest absolute Gasteiger partial charge is 0.253 e. The van der Waals surface area contributed by atoms with E-state index >= 15 is 0 Å². The van der Waals surface area contributed by atoms with Crippen LogP contribution in [-0.2, 0) is 6.42 Å². The number of carbonyl (C=O) groups is 1. The molecule has 0 bridgehead atoms. The van der Waals surface area contributed by atoms with Crippen molar-refractivity contribution in [3.63, 3.8) is 0 Å². The monoisotopic (exact) mass is 230 g/mol. The normalized spacial score (nSPS) is 10.1. The van der Waals surface area contributed by atoms with E-state index in [1.54, 1.807) is 36.7 Å². The summed E-state index contributed by atoms with van der Waals surface area (Å²) in [6.45, 7) is 0.528. The Labute approximate surface area is 99.1 Å². The van der Waals surface area contributed by atoms with E-state index in [4.69, 9.17) is 5.73 Å². The van der Waals surface area contributed by atoms with Crippen LogP contribution in [0.5, 0.6) is 0 Å². The number of nitrogens with two attached hydrogens (primary N) is 1. The summed E-state index contributed by atoms with van der Waals surface area (Å²) in [6, 6.07) is 7.01. The number of H-pyrrole nitrogens is 1. The molecule has 1 heterocycles. The zero-order chi connectivity index (χ0) is 12.1. The predicted octanol–water partition coefficient (Wildman–Crippen LogP) is 0.964. The molecule has 4 N–H and O–H groups in total. The Morgan fingerprint density at radius 1 is 1.41 bits per heavy atom. The highest BCUT2D eigenvalue weighted by molar-refractivity contribution is 5.99. The molecule has 0 aliphatic rings. The number of amides is 1. The summed E-state index contributed by atoms with van der Waals surface area (Å²) in [5.41, 5.74) is 6.70. The fourth-order valence-electron chi connectivity index (χ4n) is 1.53. The molecule has 0 saturated heterocycles. The first-order chi connectivity index (χ1) is 8.27. The summed E-state index contributed by atoms with van der Waals surface area (Å²) in [6.07, 6.45) is 4.12. The van der Waals surface area contributed by atoms with Crippen molar-refractivity contribution in [2.45, 2.75) is 6.42 Å². The molecule has 1 amide bonds. The average molecular weight is 230 g/mol. The number of anilines is 1. The Bertz CT molecular complexity index is 493. The van der Waals surface area contributed by atoms with Crippen LogP contribution in [0.2, 0.25) is 0 Å². The molecule has 0 radical (unpaired) electrons. The SMILES string of the molecule is Nc1ccccc1C(=O)NCCc1ncc[nH]1. The third-order valence-electron chi connectivity index (χ3n) is 2.41. The van der Waals surface area contributed by atoms with Crippen molar-refractivity contribution in [3.05, 3.63) is 48.0 Å². The lowest BCUT2D eigenvalue weighted by Crippen LogP contribution is -2.26. The Morgan fingerprint density at radius 3 is 2.94 bits per heavy atom. The van der Waals surface area contributed by atoms with Gasteiger partial charge in [0, 0.05) is 31.0 Å². The van der Waals surface area contributed by atoms with Gasteiger partial charge in [0.1, 0.15) is 5.82 Å². The van der Waals surface area contributed by atoms with Gasteiger partial charge in [-0.05, 0) is 12.1 Å². The minimum atomic E-state index is -0.158. The number of hydrogen-bond acceptors (Lipinski definition) is 3. The van der Waals surface area contributed by atoms with E-state index < -0.39 is 0 Å². The van der Waals surface area contributed by atoms with Gasteiger partial charge in [-0.15, -0.1) is 0 Å². The fourth-order valence-corrected chi connectivity index (χ4v) is 1.53. The quantitative estimate of drug-likeness (QED) is 0.684. The molecule has 88 valence electrons. The van der Waals surface area contributed by atoms with Gasteiger partial charge in [-0.25, -0.2) is 4.98 Å². The highest BCUT2D eigenvalue weighted by Crippen LogP contribution is 2.09. The first kappa shape index (κ1) is 11.2. The van der Waals surface area contributed by atoms with Crippen LogP contribution in [0.15, 0.2) is 36.7 Å². The summed E-state index contributed by atoms with van der Waals surface area (Å²) < 4.78 is 0. The number of carbonyl (C=O) groups excluding carboxylic acids is 1. The van der Waals surface area contributed by atoms with Crippen LogP contribution in [0.4, 0.5) is 5.69 Å². The van der Waals surface area contributed by atoms with E-state index in [0.29, 0.717) is 24.2 Å². The van der Waals surface area contributed by atoms with Crippen LogP contribution in [0.1, 0.15) is 16.2 Å². The number of rotatable bonds is 4. The van der Waals surface area contributed by atoms with Gasteiger partial charge in [0.25, 0.3) is 5.91 Å². The molecule has 0 aliphatic carbocycles. The Hall–Kier alpha value is -2.30. The zero-order valence-corrected chi connectivity index (χ0v) is 9.31. The van der Waals surface area contributed by atoms with Crippen molar-refractivity contribution < 1.29 is 4.79 Å². The van der Waals surface area contributed by atoms with Crippen molar-refractivity contribution in [2.75, 3.05) is 12.3 Å². The third kappa shape index (κ3) is 2.84. The topological polar surface area (TPSA) is 83.8 Å². The molecule has 5 nitrogen and oxygen atoms in total. The van der Waals surface area contributed by atoms with Crippen molar-refractivity contribution in [3.8, 4) is 0 Å². The van der Waals surface area contributed by atoms with Gasteiger partial charge in [-0.2, -0.15) is 0 Å². The largest absolute Gasteiger partial charge is 0.398 e. The second kappa shape index (κ2) is 5.16. The second-order valence-electron chi connectivity index (χ2n) is 3.63. The summed E-state index contributed by atoms with van der Waals surface area (Å²) >= 11 is 0. The van der Waals surface area contributed by atoms with E-state index in [0.717, 1.165) is 5.82 Å².